The fraction of sp³-hybridized carbons (Fsp3) is 0.519. The maximum Gasteiger partial charge on any atom is 0.345 e. The van der Waals surface area contributed by atoms with Crippen LogP contribution in [0.2, 0.25) is 0 Å². The SMILES string of the molecule is CSC1=CC(C)=NC(=O)C1CNC(=O)c1c(C)n([C@H](C)C2CCC(OC(F)F)CC2)c2ccccc12. The molecule has 194 valence electrons. The van der Waals surface area contributed by atoms with E-state index in [4.69, 9.17) is 4.74 Å². The highest BCUT2D eigenvalue weighted by Crippen LogP contribution is 2.38. The van der Waals surface area contributed by atoms with E-state index >= 15 is 0 Å². The van der Waals surface area contributed by atoms with Gasteiger partial charge in [0.15, 0.2) is 0 Å². The molecule has 1 fully saturated rings. The van der Waals surface area contributed by atoms with Gasteiger partial charge in [-0.15, -0.1) is 11.8 Å². The van der Waals surface area contributed by atoms with Crippen LogP contribution in [0.15, 0.2) is 40.2 Å². The lowest BCUT2D eigenvalue weighted by atomic mass is 9.83. The molecule has 0 spiro atoms. The molecule has 2 amide bonds. The molecule has 2 aliphatic rings. The average Bonchev–Trinajstić information content (AvgIpc) is 3.14. The zero-order chi connectivity index (χ0) is 26.0. The number of hydrogen-bond acceptors (Lipinski definition) is 4. The van der Waals surface area contributed by atoms with Gasteiger partial charge in [0.1, 0.15) is 0 Å². The summed E-state index contributed by atoms with van der Waals surface area (Å²) in [7, 11) is 0. The van der Waals surface area contributed by atoms with Crippen LogP contribution in [0.25, 0.3) is 10.9 Å². The molecule has 1 saturated carbocycles. The molecule has 0 saturated heterocycles. The average molecular weight is 518 g/mol. The lowest BCUT2D eigenvalue weighted by Crippen LogP contribution is -2.35. The molecule has 1 aromatic heterocycles. The van der Waals surface area contributed by atoms with Crippen LogP contribution in [0, 0.1) is 18.8 Å². The number of carbonyl (C=O) groups is 2. The topological polar surface area (TPSA) is 72.7 Å². The quantitative estimate of drug-likeness (QED) is 0.473. The summed E-state index contributed by atoms with van der Waals surface area (Å²) in [5, 5.41) is 3.84. The second kappa shape index (κ2) is 11.3. The van der Waals surface area contributed by atoms with Gasteiger partial charge in [-0.2, -0.15) is 8.78 Å². The summed E-state index contributed by atoms with van der Waals surface area (Å²) in [5.74, 6) is -0.642. The fourth-order valence-corrected chi connectivity index (χ4v) is 6.41. The van der Waals surface area contributed by atoms with Crippen molar-refractivity contribution in [3.8, 4) is 0 Å². The van der Waals surface area contributed by atoms with Crippen LogP contribution >= 0.6 is 11.8 Å². The molecule has 1 aliphatic heterocycles. The van der Waals surface area contributed by atoms with Crippen molar-refractivity contribution in [2.75, 3.05) is 12.8 Å². The molecule has 36 heavy (non-hydrogen) atoms. The Balaban J connectivity index is 1.55. The van der Waals surface area contributed by atoms with E-state index in [1.807, 2.05) is 43.5 Å². The van der Waals surface area contributed by atoms with E-state index in [-0.39, 0.29) is 24.4 Å². The monoisotopic (exact) mass is 517 g/mol. The minimum Gasteiger partial charge on any atom is -0.351 e. The highest BCUT2D eigenvalue weighted by molar-refractivity contribution is 8.02. The summed E-state index contributed by atoms with van der Waals surface area (Å²) in [5.41, 5.74) is 3.10. The number of amides is 2. The number of benzene rings is 1. The first kappa shape index (κ1) is 26.5. The van der Waals surface area contributed by atoms with E-state index in [0.717, 1.165) is 34.3 Å². The second-order valence-electron chi connectivity index (χ2n) is 9.63. The van der Waals surface area contributed by atoms with Crippen molar-refractivity contribution in [3.05, 3.63) is 46.5 Å². The van der Waals surface area contributed by atoms with E-state index in [1.165, 1.54) is 11.8 Å². The zero-order valence-corrected chi connectivity index (χ0v) is 21.9. The smallest absolute Gasteiger partial charge is 0.345 e. The van der Waals surface area contributed by atoms with Crippen LogP contribution in [0.5, 0.6) is 0 Å². The Kier molecular flexibility index (Phi) is 8.30. The molecule has 9 heteroatoms. The maximum absolute atomic E-state index is 13.5. The largest absolute Gasteiger partial charge is 0.351 e. The van der Waals surface area contributed by atoms with Gasteiger partial charge in [0.05, 0.1) is 17.6 Å². The van der Waals surface area contributed by atoms with Crippen LogP contribution in [0.1, 0.15) is 61.6 Å². The predicted molar refractivity (Wildman–Crippen MR) is 140 cm³/mol. The Morgan fingerprint density at radius 2 is 1.92 bits per heavy atom. The lowest BCUT2D eigenvalue weighted by Gasteiger charge is -2.33. The van der Waals surface area contributed by atoms with Gasteiger partial charge < -0.3 is 14.6 Å². The standard InChI is InChI=1S/C27H33F2N3O3S/c1-15-13-23(36-4)21(25(33)31-15)14-30-26(34)24-17(3)32(22-8-6-5-7-20(22)24)16(2)18-9-11-19(12-10-18)35-27(28)29/h5-8,13,16,18-19,21,27H,9-12,14H2,1-4H3,(H,30,34)/t16-,18?,19?,21?/m1/s1. The van der Waals surface area contributed by atoms with Crippen molar-refractivity contribution in [2.24, 2.45) is 16.8 Å². The predicted octanol–water partition coefficient (Wildman–Crippen LogP) is 5.90. The summed E-state index contributed by atoms with van der Waals surface area (Å²) < 4.78 is 32.2. The van der Waals surface area contributed by atoms with Gasteiger partial charge >= 0.3 is 6.61 Å². The van der Waals surface area contributed by atoms with E-state index in [9.17, 15) is 18.4 Å². The normalized spacial score (nSPS) is 23.5. The summed E-state index contributed by atoms with van der Waals surface area (Å²) >= 11 is 1.50. The van der Waals surface area contributed by atoms with Crippen molar-refractivity contribution in [1.29, 1.82) is 0 Å². The number of nitrogens with zero attached hydrogens (tertiary/aromatic N) is 2. The number of para-hydroxylation sites is 1. The lowest BCUT2D eigenvalue weighted by molar-refractivity contribution is -0.172. The van der Waals surface area contributed by atoms with Crippen LogP contribution in [-0.2, 0) is 9.53 Å². The van der Waals surface area contributed by atoms with Crippen LogP contribution in [0.3, 0.4) is 0 Å². The number of halogens is 2. The number of fused-ring (bicyclic) bond motifs is 1. The molecule has 2 heterocycles. The highest BCUT2D eigenvalue weighted by atomic mass is 32.2. The highest BCUT2D eigenvalue weighted by Gasteiger charge is 2.32. The number of nitrogens with one attached hydrogen (secondary N) is 1. The summed E-state index contributed by atoms with van der Waals surface area (Å²) in [4.78, 5) is 30.9. The van der Waals surface area contributed by atoms with E-state index in [1.54, 1.807) is 6.92 Å². The Morgan fingerprint density at radius 3 is 2.58 bits per heavy atom. The number of dihydropyridines is 1. The molecule has 2 atom stereocenters. The van der Waals surface area contributed by atoms with E-state index in [0.29, 0.717) is 30.0 Å². The van der Waals surface area contributed by atoms with Gasteiger partial charge in [-0.25, -0.2) is 4.99 Å². The maximum atomic E-state index is 13.5. The Morgan fingerprint density at radius 1 is 1.22 bits per heavy atom. The number of hydrogen-bond donors (Lipinski definition) is 1. The van der Waals surface area contributed by atoms with Gasteiger partial charge in [-0.1, -0.05) is 18.2 Å². The van der Waals surface area contributed by atoms with Crippen molar-refractivity contribution < 1.29 is 23.1 Å². The number of ether oxygens (including phenoxy) is 1. The third-order valence-corrected chi connectivity index (χ3v) is 8.34. The molecule has 1 unspecified atom stereocenters. The first-order valence-corrected chi connectivity index (χ1v) is 13.6. The van der Waals surface area contributed by atoms with Gasteiger partial charge in [-0.3, -0.25) is 9.59 Å². The number of rotatable bonds is 8. The fourth-order valence-electron chi connectivity index (χ4n) is 5.65. The van der Waals surface area contributed by atoms with Gasteiger partial charge in [0.25, 0.3) is 11.8 Å². The van der Waals surface area contributed by atoms with Crippen molar-refractivity contribution in [3.63, 3.8) is 0 Å². The van der Waals surface area contributed by atoms with Gasteiger partial charge in [0, 0.05) is 39.8 Å². The van der Waals surface area contributed by atoms with E-state index < -0.39 is 18.6 Å². The minimum absolute atomic E-state index is 0.0900. The second-order valence-corrected chi connectivity index (χ2v) is 10.5. The summed E-state index contributed by atoms with van der Waals surface area (Å²) in [6, 6.07) is 7.92. The first-order valence-electron chi connectivity index (χ1n) is 12.4. The zero-order valence-electron chi connectivity index (χ0n) is 21.1. The summed E-state index contributed by atoms with van der Waals surface area (Å²) in [6.45, 7) is 3.33. The molecule has 4 rings (SSSR count). The Bertz CT molecular complexity index is 1200. The molecule has 0 radical (unpaired) electrons. The first-order chi connectivity index (χ1) is 17.2. The Hall–Kier alpha value is -2.52. The summed E-state index contributed by atoms with van der Waals surface area (Å²) in [6.07, 6.45) is 6.20. The van der Waals surface area contributed by atoms with Crippen LogP contribution < -0.4 is 5.32 Å². The van der Waals surface area contributed by atoms with Gasteiger partial charge in [-0.05, 0) is 70.8 Å². The number of aromatic nitrogens is 1. The van der Waals surface area contributed by atoms with E-state index in [2.05, 4.69) is 21.8 Å². The number of aliphatic imine (C=N–C) groups is 1. The molecule has 1 aliphatic carbocycles. The van der Waals surface area contributed by atoms with Gasteiger partial charge in [0.2, 0.25) is 0 Å². The third-order valence-electron chi connectivity index (χ3n) is 7.47. The molecular weight excluding hydrogens is 484 g/mol. The Labute approximate surface area is 214 Å². The number of thioether (sulfide) groups is 1. The number of alkyl halides is 2. The molecule has 2 aromatic rings. The molecule has 0 bridgehead atoms. The molecular formula is C27H33F2N3O3S. The molecule has 6 nitrogen and oxygen atoms in total. The third kappa shape index (κ3) is 5.42. The molecule has 1 N–H and O–H groups in total. The number of allylic oxidation sites excluding steroid dienone is 1. The molecule has 1 aromatic carbocycles. The minimum atomic E-state index is -2.73. The number of carbonyl (C=O) groups excluding carboxylic acids is 2. The van der Waals surface area contributed by atoms with Crippen LogP contribution in [-0.4, -0.2) is 47.6 Å². The van der Waals surface area contributed by atoms with Crippen LogP contribution in [0.4, 0.5) is 8.78 Å². The van der Waals surface area contributed by atoms with Crippen molar-refractivity contribution >= 4 is 40.2 Å². The van der Waals surface area contributed by atoms with Crippen molar-refractivity contribution in [1.82, 2.24) is 9.88 Å². The van der Waals surface area contributed by atoms with Crippen molar-refractivity contribution in [2.45, 2.75) is 65.2 Å².